The molecule has 1 heteroatoms. The highest BCUT2D eigenvalue weighted by Crippen LogP contribution is 2.46. The Morgan fingerprint density at radius 1 is 1.31 bits per heavy atom. The summed E-state index contributed by atoms with van der Waals surface area (Å²) in [5.41, 5.74) is 1.94. The average Bonchev–Trinajstić information content (AvgIpc) is 2.64. The van der Waals surface area contributed by atoms with Gasteiger partial charge in [-0.1, -0.05) is 31.4 Å². The van der Waals surface area contributed by atoms with Crippen molar-refractivity contribution in [2.24, 2.45) is 11.3 Å². The van der Waals surface area contributed by atoms with E-state index in [0.717, 1.165) is 12.7 Å². The lowest BCUT2D eigenvalue weighted by Gasteiger charge is -2.30. The Kier molecular flexibility index (Phi) is 5.24. The molecule has 1 atom stereocenters. The van der Waals surface area contributed by atoms with Gasteiger partial charge in [-0.15, -0.1) is 0 Å². The molecular weight excluding hydrogens is 196 g/mol. The molecule has 1 aliphatic carbocycles. The number of carbonyl (C=O) groups is 1. The van der Waals surface area contributed by atoms with Gasteiger partial charge in [-0.25, -0.2) is 0 Å². The van der Waals surface area contributed by atoms with E-state index in [4.69, 9.17) is 0 Å². The molecule has 0 N–H and O–H groups in total. The maximum atomic E-state index is 10.5. The Morgan fingerprint density at radius 3 is 2.44 bits per heavy atom. The first-order valence-corrected chi connectivity index (χ1v) is 6.65. The van der Waals surface area contributed by atoms with Gasteiger partial charge in [0.1, 0.15) is 6.29 Å². The molecule has 0 bridgehead atoms. The quantitative estimate of drug-likeness (QED) is 0.477. The summed E-state index contributed by atoms with van der Waals surface area (Å²) in [6, 6.07) is 0. The molecule has 0 amide bonds. The van der Waals surface area contributed by atoms with Crippen molar-refractivity contribution in [3.05, 3.63) is 11.6 Å². The molecule has 92 valence electrons. The van der Waals surface area contributed by atoms with Crippen LogP contribution in [0.3, 0.4) is 0 Å². The highest BCUT2D eigenvalue weighted by Gasteiger charge is 2.33. The fraction of sp³-hybridized carbons (Fsp3) is 0.800. The van der Waals surface area contributed by atoms with Gasteiger partial charge in [0.05, 0.1) is 0 Å². The van der Waals surface area contributed by atoms with E-state index in [-0.39, 0.29) is 0 Å². The van der Waals surface area contributed by atoms with Gasteiger partial charge in [-0.05, 0) is 50.9 Å². The third-order valence-electron chi connectivity index (χ3n) is 3.89. The molecule has 1 rings (SSSR count). The molecule has 16 heavy (non-hydrogen) atoms. The highest BCUT2D eigenvalue weighted by atomic mass is 16.1. The Morgan fingerprint density at radius 2 is 1.94 bits per heavy atom. The molecule has 1 nitrogen and oxygen atoms in total. The molecule has 0 radical (unpaired) electrons. The van der Waals surface area contributed by atoms with Crippen LogP contribution in [0.25, 0.3) is 0 Å². The minimum atomic E-state index is 0.514. The predicted molar refractivity (Wildman–Crippen MR) is 69.4 cm³/mol. The molecule has 0 aromatic carbocycles. The molecular formula is C15H26O. The standard InChI is InChI=1S/C15H26O/c1-13(2)6-10-15(8-4-5-9-15)12-14(3)7-11-16/h6,11,14H,4-5,7-10,12H2,1-3H3. The minimum Gasteiger partial charge on any atom is -0.303 e. The SMILES string of the molecule is CC(C)=CCC1(CC(C)CC=O)CCCC1. The largest absolute Gasteiger partial charge is 0.303 e. The van der Waals surface area contributed by atoms with Crippen LogP contribution in [0.4, 0.5) is 0 Å². The maximum Gasteiger partial charge on any atom is 0.120 e. The van der Waals surface area contributed by atoms with Gasteiger partial charge >= 0.3 is 0 Å². The molecule has 0 aromatic heterocycles. The normalized spacial score (nSPS) is 20.4. The number of rotatable bonds is 6. The smallest absolute Gasteiger partial charge is 0.120 e. The van der Waals surface area contributed by atoms with E-state index < -0.39 is 0 Å². The summed E-state index contributed by atoms with van der Waals surface area (Å²) < 4.78 is 0. The predicted octanol–water partition coefficient (Wildman–Crippen LogP) is 4.52. The van der Waals surface area contributed by atoms with Gasteiger partial charge in [0.15, 0.2) is 0 Å². The molecule has 1 saturated carbocycles. The lowest BCUT2D eigenvalue weighted by atomic mass is 9.74. The number of hydrogen-bond acceptors (Lipinski definition) is 1. The summed E-state index contributed by atoms with van der Waals surface area (Å²) in [7, 11) is 0. The fourth-order valence-corrected chi connectivity index (χ4v) is 3.02. The second-order valence-electron chi connectivity index (χ2n) is 5.90. The van der Waals surface area contributed by atoms with Crippen LogP contribution >= 0.6 is 0 Å². The molecule has 1 aliphatic rings. The lowest BCUT2D eigenvalue weighted by Crippen LogP contribution is -2.19. The zero-order chi connectivity index (χ0) is 12.0. The first-order chi connectivity index (χ1) is 7.58. The van der Waals surface area contributed by atoms with Gasteiger partial charge < -0.3 is 4.79 Å². The van der Waals surface area contributed by atoms with Crippen LogP contribution in [0.2, 0.25) is 0 Å². The summed E-state index contributed by atoms with van der Waals surface area (Å²) in [6.45, 7) is 6.58. The van der Waals surface area contributed by atoms with Crippen molar-refractivity contribution in [2.45, 2.75) is 65.7 Å². The molecule has 0 aromatic rings. The van der Waals surface area contributed by atoms with Crippen LogP contribution in [-0.4, -0.2) is 6.29 Å². The van der Waals surface area contributed by atoms with Gasteiger partial charge in [-0.3, -0.25) is 0 Å². The average molecular weight is 222 g/mol. The summed E-state index contributed by atoms with van der Waals surface area (Å²) >= 11 is 0. The number of carbonyl (C=O) groups excluding carboxylic acids is 1. The van der Waals surface area contributed by atoms with Crippen LogP contribution in [0.5, 0.6) is 0 Å². The van der Waals surface area contributed by atoms with Gasteiger partial charge in [0.25, 0.3) is 0 Å². The van der Waals surface area contributed by atoms with E-state index in [1.54, 1.807) is 0 Å². The molecule has 0 aliphatic heterocycles. The number of hydrogen-bond donors (Lipinski definition) is 0. The van der Waals surface area contributed by atoms with Crippen molar-refractivity contribution in [1.29, 1.82) is 0 Å². The molecule has 1 unspecified atom stereocenters. The van der Waals surface area contributed by atoms with Gasteiger partial charge in [0.2, 0.25) is 0 Å². The van der Waals surface area contributed by atoms with E-state index in [1.807, 2.05) is 0 Å². The lowest BCUT2D eigenvalue weighted by molar-refractivity contribution is -0.108. The van der Waals surface area contributed by atoms with Crippen molar-refractivity contribution in [3.8, 4) is 0 Å². The van der Waals surface area contributed by atoms with E-state index in [1.165, 1.54) is 44.1 Å². The fourth-order valence-electron chi connectivity index (χ4n) is 3.02. The second-order valence-corrected chi connectivity index (χ2v) is 5.90. The highest BCUT2D eigenvalue weighted by molar-refractivity contribution is 5.49. The topological polar surface area (TPSA) is 17.1 Å². The van der Waals surface area contributed by atoms with Gasteiger partial charge in [0, 0.05) is 6.42 Å². The molecule has 1 fully saturated rings. The Balaban J connectivity index is 2.57. The third-order valence-corrected chi connectivity index (χ3v) is 3.89. The van der Waals surface area contributed by atoms with E-state index in [2.05, 4.69) is 26.8 Å². The molecule has 0 heterocycles. The molecule has 0 spiro atoms. The van der Waals surface area contributed by atoms with E-state index in [9.17, 15) is 4.79 Å². The summed E-state index contributed by atoms with van der Waals surface area (Å²) in [6.07, 6.45) is 12.1. The first kappa shape index (κ1) is 13.5. The van der Waals surface area contributed by atoms with E-state index in [0.29, 0.717) is 11.3 Å². The zero-order valence-corrected chi connectivity index (χ0v) is 11.1. The van der Waals surface area contributed by atoms with Crippen LogP contribution in [-0.2, 0) is 4.79 Å². The minimum absolute atomic E-state index is 0.514. The Hall–Kier alpha value is -0.590. The van der Waals surface area contributed by atoms with Crippen LogP contribution in [0.1, 0.15) is 65.7 Å². The number of allylic oxidation sites excluding steroid dienone is 2. The Bertz CT molecular complexity index is 242. The van der Waals surface area contributed by atoms with Gasteiger partial charge in [-0.2, -0.15) is 0 Å². The number of aldehydes is 1. The summed E-state index contributed by atoms with van der Waals surface area (Å²) in [4.78, 5) is 10.5. The molecule has 0 saturated heterocycles. The van der Waals surface area contributed by atoms with Crippen LogP contribution in [0, 0.1) is 11.3 Å². The second kappa shape index (κ2) is 6.22. The zero-order valence-electron chi connectivity index (χ0n) is 11.1. The van der Waals surface area contributed by atoms with Crippen molar-refractivity contribution in [2.75, 3.05) is 0 Å². The summed E-state index contributed by atoms with van der Waals surface area (Å²) in [5, 5.41) is 0. The Labute approximate surface area is 100 Å². The van der Waals surface area contributed by atoms with Crippen LogP contribution < -0.4 is 0 Å². The maximum absolute atomic E-state index is 10.5. The van der Waals surface area contributed by atoms with Crippen molar-refractivity contribution >= 4 is 6.29 Å². The van der Waals surface area contributed by atoms with Crippen molar-refractivity contribution < 1.29 is 4.79 Å². The first-order valence-electron chi connectivity index (χ1n) is 6.65. The third kappa shape index (κ3) is 4.11. The van der Waals surface area contributed by atoms with Crippen molar-refractivity contribution in [1.82, 2.24) is 0 Å². The van der Waals surface area contributed by atoms with Crippen molar-refractivity contribution in [3.63, 3.8) is 0 Å². The monoisotopic (exact) mass is 222 g/mol. The van der Waals surface area contributed by atoms with E-state index >= 15 is 0 Å². The summed E-state index contributed by atoms with van der Waals surface area (Å²) in [5.74, 6) is 0.557. The van der Waals surface area contributed by atoms with Crippen LogP contribution in [0.15, 0.2) is 11.6 Å².